The molecule has 2 aromatic heterocycles. The third-order valence-corrected chi connectivity index (χ3v) is 8.26. The molecule has 9 nitrogen and oxygen atoms in total. The Labute approximate surface area is 266 Å². The number of fused-ring (bicyclic) bond motifs is 1. The summed E-state index contributed by atoms with van der Waals surface area (Å²) in [5.74, 6) is 0.0263. The fourth-order valence-electron chi connectivity index (χ4n) is 5.58. The lowest BCUT2D eigenvalue weighted by molar-refractivity contribution is 0.310. The van der Waals surface area contributed by atoms with Gasteiger partial charge >= 0.3 is 5.69 Å². The molecule has 6 N–H and O–H groups in total. The number of alkyl halides is 1. The maximum Gasteiger partial charge on any atom is 0.354 e. The van der Waals surface area contributed by atoms with Gasteiger partial charge in [0, 0.05) is 49.4 Å². The third-order valence-electron chi connectivity index (χ3n) is 7.98. The number of hydrogen-bond donors (Lipinski definition) is 4. The van der Waals surface area contributed by atoms with Gasteiger partial charge in [0.1, 0.15) is 17.7 Å². The quantitative estimate of drug-likeness (QED) is 0.0898. The average molecular weight is 639 g/mol. The molecule has 0 radical (unpaired) electrons. The van der Waals surface area contributed by atoms with E-state index in [1.54, 1.807) is 24.4 Å². The van der Waals surface area contributed by atoms with Gasteiger partial charge in [0.2, 0.25) is 0 Å². The second-order valence-electron chi connectivity index (χ2n) is 11.9. The average Bonchev–Trinajstić information content (AvgIpc) is 3.61. The molecule has 2 aromatic carbocycles. The predicted octanol–water partition coefficient (Wildman–Crippen LogP) is 4.72. The van der Waals surface area contributed by atoms with Gasteiger partial charge in [-0.2, -0.15) is 4.98 Å². The topological polar surface area (TPSA) is 130 Å². The Morgan fingerprint density at radius 2 is 2.02 bits per heavy atom. The molecule has 1 aliphatic heterocycles. The Hall–Kier alpha value is -3.64. The number of aromatic nitrogens is 3. The third kappa shape index (κ3) is 8.76. The van der Waals surface area contributed by atoms with E-state index in [1.165, 1.54) is 4.57 Å². The van der Waals surface area contributed by atoms with Crippen molar-refractivity contribution in [3.63, 3.8) is 0 Å². The molecule has 0 aliphatic carbocycles. The van der Waals surface area contributed by atoms with Crippen molar-refractivity contribution in [2.24, 2.45) is 16.5 Å². The van der Waals surface area contributed by atoms with E-state index in [9.17, 15) is 9.18 Å². The van der Waals surface area contributed by atoms with E-state index in [2.05, 4.69) is 20.3 Å². The van der Waals surface area contributed by atoms with Gasteiger partial charge < -0.3 is 21.8 Å². The largest absolute Gasteiger partial charge is 0.386 e. The summed E-state index contributed by atoms with van der Waals surface area (Å²) in [5.41, 5.74) is 15.3. The SMILES string of the molecule is CC(N)CCCc1cc(Cl)c(F)c(-c2cc3cn(-c4ccc(CNCCCN=C(N)CN5CCC(F)C5)cc4)c(=O)nc3[nH]2)c1. The fourth-order valence-corrected chi connectivity index (χ4v) is 5.82. The molecule has 240 valence electrons. The summed E-state index contributed by atoms with van der Waals surface area (Å²) in [7, 11) is 0. The number of aromatic amines is 1. The molecule has 1 aliphatic rings. The molecule has 3 heterocycles. The fraction of sp³-hybridized carbons (Fsp3) is 0.424. The van der Waals surface area contributed by atoms with Crippen molar-refractivity contribution in [3.8, 4) is 16.9 Å². The molecule has 5 rings (SSSR count). The maximum absolute atomic E-state index is 15.1. The van der Waals surface area contributed by atoms with Crippen LogP contribution < -0.4 is 22.5 Å². The Balaban J connectivity index is 1.18. The van der Waals surface area contributed by atoms with E-state index >= 15 is 4.39 Å². The monoisotopic (exact) mass is 638 g/mol. The van der Waals surface area contributed by atoms with Gasteiger partial charge in [-0.15, -0.1) is 0 Å². The number of amidine groups is 1. The number of hydrogen-bond acceptors (Lipinski definition) is 6. The highest BCUT2D eigenvalue weighted by Gasteiger charge is 2.22. The normalized spacial score (nSPS) is 16.6. The Morgan fingerprint density at radius 1 is 1.22 bits per heavy atom. The lowest BCUT2D eigenvalue weighted by atomic mass is 10.0. The molecule has 1 fully saturated rings. The van der Waals surface area contributed by atoms with Crippen LogP contribution in [0.2, 0.25) is 5.02 Å². The maximum atomic E-state index is 15.1. The van der Waals surface area contributed by atoms with Crippen LogP contribution in [0, 0.1) is 5.82 Å². The predicted molar refractivity (Wildman–Crippen MR) is 177 cm³/mol. The number of rotatable bonds is 14. The van der Waals surface area contributed by atoms with Crippen LogP contribution in [-0.2, 0) is 13.0 Å². The van der Waals surface area contributed by atoms with E-state index in [0.29, 0.717) is 66.4 Å². The number of H-pyrrole nitrogens is 1. The molecule has 0 saturated carbocycles. The summed E-state index contributed by atoms with van der Waals surface area (Å²) in [4.78, 5) is 26.6. The number of aryl methyl sites for hydroxylation is 1. The van der Waals surface area contributed by atoms with Crippen molar-refractivity contribution in [1.29, 1.82) is 0 Å². The molecule has 0 amide bonds. The van der Waals surface area contributed by atoms with Crippen molar-refractivity contribution in [1.82, 2.24) is 24.8 Å². The highest BCUT2D eigenvalue weighted by atomic mass is 35.5. The van der Waals surface area contributed by atoms with Gasteiger partial charge in [0.15, 0.2) is 5.82 Å². The zero-order valence-corrected chi connectivity index (χ0v) is 26.3. The van der Waals surface area contributed by atoms with Gasteiger partial charge in [0.25, 0.3) is 0 Å². The number of likely N-dealkylation sites (tertiary alicyclic amines) is 1. The summed E-state index contributed by atoms with van der Waals surface area (Å²) in [6.45, 7) is 5.70. The van der Waals surface area contributed by atoms with Gasteiger partial charge in [-0.05, 0) is 87.0 Å². The van der Waals surface area contributed by atoms with Gasteiger partial charge in [-0.25, -0.2) is 13.6 Å². The van der Waals surface area contributed by atoms with Crippen molar-refractivity contribution in [2.75, 3.05) is 32.7 Å². The van der Waals surface area contributed by atoms with Crippen molar-refractivity contribution >= 4 is 28.5 Å². The Morgan fingerprint density at radius 3 is 2.76 bits per heavy atom. The van der Waals surface area contributed by atoms with Crippen LogP contribution in [-0.4, -0.2) is 70.2 Å². The highest BCUT2D eigenvalue weighted by molar-refractivity contribution is 6.31. The second kappa shape index (κ2) is 15.1. The standard InChI is InChI=1S/C33H41ClF2N8O/c1-21(37)4-2-5-23-14-27(31(36)28(34)15-23)29-16-24-18-44(33(45)42-32(24)41-29)26-8-6-22(7-9-26)17-39-11-3-12-40-30(38)20-43-13-10-25(35)19-43/h6-9,14-16,18,21,25,39H,2-5,10-13,17,19-20,37H2,1H3,(H2,38,40)(H,41,42,45). The minimum Gasteiger partial charge on any atom is -0.386 e. The summed E-state index contributed by atoms with van der Waals surface area (Å²) >= 11 is 6.24. The van der Waals surface area contributed by atoms with E-state index in [-0.39, 0.29) is 11.1 Å². The van der Waals surface area contributed by atoms with E-state index in [0.717, 1.165) is 49.9 Å². The van der Waals surface area contributed by atoms with Gasteiger partial charge in [-0.1, -0.05) is 23.7 Å². The zero-order chi connectivity index (χ0) is 31.9. The minimum atomic E-state index is -0.757. The van der Waals surface area contributed by atoms with Crippen LogP contribution in [0.4, 0.5) is 8.78 Å². The summed E-state index contributed by atoms with van der Waals surface area (Å²) < 4.78 is 29.9. The highest BCUT2D eigenvalue weighted by Crippen LogP contribution is 2.31. The molecule has 12 heteroatoms. The summed E-state index contributed by atoms with van der Waals surface area (Å²) in [5, 5.41) is 4.11. The van der Waals surface area contributed by atoms with E-state index < -0.39 is 17.7 Å². The lowest BCUT2D eigenvalue weighted by Gasteiger charge is -2.13. The number of aliphatic imine (C=N–C) groups is 1. The lowest BCUT2D eigenvalue weighted by Crippen LogP contribution is -2.32. The molecule has 0 bridgehead atoms. The molecule has 2 unspecified atom stereocenters. The van der Waals surface area contributed by atoms with Gasteiger partial charge in [-0.3, -0.25) is 14.5 Å². The van der Waals surface area contributed by atoms with Crippen LogP contribution in [0.3, 0.4) is 0 Å². The van der Waals surface area contributed by atoms with Crippen LogP contribution in [0.25, 0.3) is 28.0 Å². The van der Waals surface area contributed by atoms with Crippen LogP contribution in [0.1, 0.15) is 43.7 Å². The van der Waals surface area contributed by atoms with Crippen LogP contribution in [0.5, 0.6) is 0 Å². The van der Waals surface area contributed by atoms with Crippen molar-refractivity contribution in [3.05, 3.63) is 81.1 Å². The van der Waals surface area contributed by atoms with Gasteiger partial charge in [0.05, 0.1) is 22.9 Å². The minimum absolute atomic E-state index is 0.0497. The van der Waals surface area contributed by atoms with E-state index in [1.807, 2.05) is 36.1 Å². The first-order valence-corrected chi connectivity index (χ1v) is 15.9. The Kier molecular flexibility index (Phi) is 11.0. The Bertz CT molecular complexity index is 1680. The van der Waals surface area contributed by atoms with Crippen molar-refractivity contribution < 1.29 is 8.78 Å². The first kappa shape index (κ1) is 32.7. The number of nitrogens with two attached hydrogens (primary N) is 2. The molecule has 0 spiro atoms. The zero-order valence-electron chi connectivity index (χ0n) is 25.5. The number of halogens is 3. The molecule has 45 heavy (non-hydrogen) atoms. The van der Waals surface area contributed by atoms with Crippen molar-refractivity contribution in [2.45, 2.75) is 57.8 Å². The van der Waals surface area contributed by atoms with Crippen LogP contribution >= 0.6 is 11.6 Å². The first-order valence-electron chi connectivity index (χ1n) is 15.5. The summed E-state index contributed by atoms with van der Waals surface area (Å²) in [6, 6.07) is 13.0. The number of nitrogens with zero attached hydrogens (tertiary/aromatic N) is 4. The van der Waals surface area contributed by atoms with Crippen LogP contribution in [0.15, 0.2) is 58.4 Å². The molecular weight excluding hydrogens is 598 g/mol. The molecular formula is C33H41ClF2N8O. The number of nitrogens with one attached hydrogen (secondary N) is 2. The molecule has 4 aromatic rings. The molecule has 1 saturated heterocycles. The molecule has 2 atom stereocenters. The number of benzene rings is 2. The van der Waals surface area contributed by atoms with E-state index in [4.69, 9.17) is 23.1 Å². The smallest absolute Gasteiger partial charge is 0.354 e. The second-order valence-corrected chi connectivity index (χ2v) is 12.3. The first-order chi connectivity index (χ1) is 21.7. The summed E-state index contributed by atoms with van der Waals surface area (Å²) in [6.07, 6.45) is 4.81.